The molecule has 104 valence electrons. The van der Waals surface area contributed by atoms with Crippen LogP contribution in [0.2, 0.25) is 0 Å². The van der Waals surface area contributed by atoms with Gasteiger partial charge in [-0.2, -0.15) is 18.4 Å². The Bertz CT molecular complexity index is 452. The summed E-state index contributed by atoms with van der Waals surface area (Å²) in [6.45, 7) is 2.18. The highest BCUT2D eigenvalue weighted by molar-refractivity contribution is 7.99. The summed E-state index contributed by atoms with van der Waals surface area (Å²) in [6, 6.07) is 7.45. The third-order valence-electron chi connectivity index (χ3n) is 2.39. The van der Waals surface area contributed by atoms with Crippen molar-refractivity contribution in [1.82, 2.24) is 0 Å². The van der Waals surface area contributed by atoms with E-state index in [1.807, 2.05) is 13.0 Å². The van der Waals surface area contributed by atoms with Crippen molar-refractivity contribution in [3.63, 3.8) is 0 Å². The van der Waals surface area contributed by atoms with Gasteiger partial charge in [0, 0.05) is 17.9 Å². The first kappa shape index (κ1) is 15.7. The van der Waals surface area contributed by atoms with Crippen molar-refractivity contribution in [3.05, 3.63) is 23.8 Å². The first-order valence-electron chi connectivity index (χ1n) is 5.94. The lowest BCUT2D eigenvalue weighted by Crippen LogP contribution is -2.11. The van der Waals surface area contributed by atoms with E-state index in [9.17, 15) is 13.2 Å². The van der Waals surface area contributed by atoms with Gasteiger partial charge >= 0.3 is 6.18 Å². The number of nitriles is 1. The summed E-state index contributed by atoms with van der Waals surface area (Å²) >= 11 is 1.54. The summed E-state index contributed by atoms with van der Waals surface area (Å²) in [4.78, 5) is 0.853. The van der Waals surface area contributed by atoms with Crippen molar-refractivity contribution in [3.8, 4) is 6.07 Å². The Morgan fingerprint density at radius 3 is 2.68 bits per heavy atom. The minimum atomic E-state index is -4.13. The van der Waals surface area contributed by atoms with Gasteiger partial charge in [0.15, 0.2) is 0 Å². The molecule has 0 aromatic heterocycles. The lowest BCUT2D eigenvalue weighted by Gasteiger charge is -2.11. The van der Waals surface area contributed by atoms with Gasteiger partial charge in [-0.3, -0.25) is 0 Å². The molecule has 0 aliphatic heterocycles. The highest BCUT2D eigenvalue weighted by Gasteiger charge is 2.25. The number of nitrogens with one attached hydrogen (secondary N) is 1. The standard InChI is InChI=1S/C13H15F3N2S/c1-2-19-12-6-3-5-11(10(12)9-17)18-8-4-7-13(14,15)16/h3,5-6,18H,2,4,7-8H2,1H3. The molecule has 0 unspecified atom stereocenters. The zero-order chi connectivity index (χ0) is 14.3. The normalized spacial score (nSPS) is 11.1. The lowest BCUT2D eigenvalue weighted by atomic mass is 10.2. The van der Waals surface area contributed by atoms with E-state index >= 15 is 0 Å². The van der Waals surface area contributed by atoms with Gasteiger partial charge in [-0.1, -0.05) is 13.0 Å². The van der Waals surface area contributed by atoms with Gasteiger partial charge in [0.25, 0.3) is 0 Å². The number of hydrogen-bond acceptors (Lipinski definition) is 3. The van der Waals surface area contributed by atoms with Gasteiger partial charge in [-0.15, -0.1) is 11.8 Å². The molecular weight excluding hydrogens is 273 g/mol. The Morgan fingerprint density at radius 2 is 2.11 bits per heavy atom. The van der Waals surface area contributed by atoms with E-state index in [1.54, 1.807) is 23.9 Å². The van der Waals surface area contributed by atoms with Gasteiger partial charge in [0.05, 0.1) is 11.3 Å². The summed E-state index contributed by atoms with van der Waals surface area (Å²) in [5, 5.41) is 12.0. The fourth-order valence-electron chi connectivity index (χ4n) is 1.58. The van der Waals surface area contributed by atoms with Crippen LogP contribution < -0.4 is 5.32 Å². The molecule has 0 spiro atoms. The predicted molar refractivity (Wildman–Crippen MR) is 71.3 cm³/mol. The molecule has 0 aliphatic carbocycles. The second-order valence-corrected chi connectivity index (χ2v) is 5.17. The van der Waals surface area contributed by atoms with Gasteiger partial charge in [-0.05, 0) is 24.3 Å². The quantitative estimate of drug-likeness (QED) is 0.621. The van der Waals surface area contributed by atoms with Gasteiger partial charge in [0.1, 0.15) is 6.07 Å². The van der Waals surface area contributed by atoms with Crippen LogP contribution in [0.3, 0.4) is 0 Å². The van der Waals surface area contributed by atoms with E-state index in [4.69, 9.17) is 5.26 Å². The van der Waals surface area contributed by atoms with Crippen LogP contribution in [0.15, 0.2) is 23.1 Å². The second kappa shape index (κ2) is 7.29. The topological polar surface area (TPSA) is 35.8 Å². The van der Waals surface area contributed by atoms with Gasteiger partial charge in [0.2, 0.25) is 0 Å². The minimum Gasteiger partial charge on any atom is -0.384 e. The van der Waals surface area contributed by atoms with Crippen LogP contribution in [0.1, 0.15) is 25.3 Å². The molecule has 0 heterocycles. The van der Waals surface area contributed by atoms with Crippen LogP contribution in [0.25, 0.3) is 0 Å². The molecule has 0 bridgehead atoms. The number of rotatable bonds is 6. The smallest absolute Gasteiger partial charge is 0.384 e. The van der Waals surface area contributed by atoms with Crippen LogP contribution >= 0.6 is 11.8 Å². The maximum atomic E-state index is 12.0. The van der Waals surface area contributed by atoms with E-state index in [-0.39, 0.29) is 13.0 Å². The fourth-order valence-corrected chi connectivity index (χ4v) is 2.37. The van der Waals surface area contributed by atoms with Crippen LogP contribution in [0.5, 0.6) is 0 Å². The van der Waals surface area contributed by atoms with E-state index in [1.165, 1.54) is 0 Å². The predicted octanol–water partition coefficient (Wildman–Crippen LogP) is 4.42. The average molecular weight is 288 g/mol. The molecule has 19 heavy (non-hydrogen) atoms. The summed E-state index contributed by atoms with van der Waals surface area (Å²) in [6.07, 6.45) is -4.94. The fraction of sp³-hybridized carbons (Fsp3) is 0.462. The van der Waals surface area contributed by atoms with Crippen LogP contribution in [-0.4, -0.2) is 18.5 Å². The van der Waals surface area contributed by atoms with Crippen molar-refractivity contribution in [2.75, 3.05) is 17.6 Å². The molecule has 2 nitrogen and oxygen atoms in total. The number of benzene rings is 1. The average Bonchev–Trinajstić information content (AvgIpc) is 2.34. The molecule has 1 aromatic carbocycles. The lowest BCUT2D eigenvalue weighted by molar-refractivity contribution is -0.134. The maximum Gasteiger partial charge on any atom is 0.389 e. The molecule has 0 atom stereocenters. The second-order valence-electron chi connectivity index (χ2n) is 3.87. The number of hydrogen-bond donors (Lipinski definition) is 1. The summed E-state index contributed by atoms with van der Waals surface area (Å²) in [7, 11) is 0. The monoisotopic (exact) mass is 288 g/mol. The van der Waals surface area contributed by atoms with E-state index in [0.717, 1.165) is 10.6 Å². The molecule has 0 saturated carbocycles. The number of anilines is 1. The van der Waals surface area contributed by atoms with E-state index in [0.29, 0.717) is 11.3 Å². The largest absolute Gasteiger partial charge is 0.389 e. The zero-order valence-electron chi connectivity index (χ0n) is 10.5. The molecule has 1 rings (SSSR count). The molecule has 0 saturated heterocycles. The molecule has 0 fully saturated rings. The molecule has 0 radical (unpaired) electrons. The van der Waals surface area contributed by atoms with Crippen LogP contribution in [0, 0.1) is 11.3 Å². The number of alkyl halides is 3. The van der Waals surface area contributed by atoms with Crippen molar-refractivity contribution in [2.24, 2.45) is 0 Å². The van der Waals surface area contributed by atoms with Gasteiger partial charge in [-0.25, -0.2) is 0 Å². The number of halogens is 3. The minimum absolute atomic E-state index is 0.000479. The highest BCUT2D eigenvalue weighted by Crippen LogP contribution is 2.28. The van der Waals surface area contributed by atoms with Crippen molar-refractivity contribution in [2.45, 2.75) is 30.8 Å². The Labute approximate surface area is 115 Å². The van der Waals surface area contributed by atoms with Crippen molar-refractivity contribution in [1.29, 1.82) is 5.26 Å². The summed E-state index contributed by atoms with van der Waals surface area (Å²) < 4.78 is 36.0. The number of thioether (sulfide) groups is 1. The highest BCUT2D eigenvalue weighted by atomic mass is 32.2. The molecule has 1 N–H and O–H groups in total. The van der Waals surface area contributed by atoms with E-state index in [2.05, 4.69) is 11.4 Å². The van der Waals surface area contributed by atoms with Crippen molar-refractivity contribution >= 4 is 17.4 Å². The zero-order valence-corrected chi connectivity index (χ0v) is 11.4. The number of nitrogens with zero attached hydrogens (tertiary/aromatic N) is 1. The summed E-state index contributed by atoms with van der Waals surface area (Å²) in [5.74, 6) is 0.839. The molecule has 0 amide bonds. The van der Waals surface area contributed by atoms with Crippen molar-refractivity contribution < 1.29 is 13.2 Å². The summed E-state index contributed by atoms with van der Waals surface area (Å²) in [5.41, 5.74) is 1.10. The first-order valence-corrected chi connectivity index (χ1v) is 6.93. The third-order valence-corrected chi connectivity index (χ3v) is 3.33. The Kier molecular flexibility index (Phi) is 6.03. The molecule has 1 aromatic rings. The van der Waals surface area contributed by atoms with Crippen LogP contribution in [0.4, 0.5) is 18.9 Å². The molecule has 6 heteroatoms. The SMILES string of the molecule is CCSc1cccc(NCCCC(F)(F)F)c1C#N. The maximum absolute atomic E-state index is 12.0. The third kappa shape index (κ3) is 5.43. The Hall–Kier alpha value is -1.35. The molecular formula is C13H15F3N2S. The van der Waals surface area contributed by atoms with E-state index < -0.39 is 12.6 Å². The Morgan fingerprint density at radius 1 is 1.37 bits per heavy atom. The first-order chi connectivity index (χ1) is 8.98. The van der Waals surface area contributed by atoms with Crippen LogP contribution in [-0.2, 0) is 0 Å². The molecule has 0 aliphatic rings. The Balaban J connectivity index is 2.63. The van der Waals surface area contributed by atoms with Gasteiger partial charge < -0.3 is 5.32 Å².